The summed E-state index contributed by atoms with van der Waals surface area (Å²) < 4.78 is 15.9. The van der Waals surface area contributed by atoms with Crippen LogP contribution in [-0.4, -0.2) is 14.8 Å². The van der Waals surface area contributed by atoms with Crippen molar-refractivity contribution >= 4 is 0 Å². The molecule has 0 amide bonds. The third-order valence-corrected chi connectivity index (χ3v) is 4.30. The van der Waals surface area contributed by atoms with Crippen molar-refractivity contribution < 1.29 is 4.39 Å². The normalized spacial score (nSPS) is 10.5. The molecule has 0 saturated carbocycles. The van der Waals surface area contributed by atoms with Crippen molar-refractivity contribution in [2.45, 2.75) is 6.54 Å². The van der Waals surface area contributed by atoms with Crippen molar-refractivity contribution in [3.8, 4) is 28.7 Å². The van der Waals surface area contributed by atoms with Gasteiger partial charge in [-0.1, -0.05) is 36.4 Å². The number of nitrogens with zero attached hydrogens (tertiary/aromatic N) is 4. The second-order valence-corrected chi connectivity index (χ2v) is 6.07. The van der Waals surface area contributed by atoms with Gasteiger partial charge in [0.2, 0.25) is 0 Å². The lowest BCUT2D eigenvalue weighted by molar-refractivity contribution is 0.587. The Kier molecular flexibility index (Phi) is 4.46. The predicted octanol–water partition coefficient (Wildman–Crippen LogP) is 4.67. The summed E-state index contributed by atoms with van der Waals surface area (Å²) in [5.41, 5.74) is 4.35. The van der Waals surface area contributed by atoms with E-state index in [0.717, 1.165) is 17.0 Å². The average molecular weight is 354 g/mol. The van der Waals surface area contributed by atoms with Crippen LogP contribution in [0.1, 0.15) is 11.1 Å². The van der Waals surface area contributed by atoms with Crippen molar-refractivity contribution in [1.29, 1.82) is 5.26 Å². The minimum Gasteiger partial charge on any atom is -0.260 e. The lowest BCUT2D eigenvalue weighted by Gasteiger charge is -2.08. The Bertz CT molecular complexity index is 1110. The minimum absolute atomic E-state index is 0.266. The van der Waals surface area contributed by atoms with E-state index in [2.05, 4.69) is 16.2 Å². The first-order valence-electron chi connectivity index (χ1n) is 8.48. The zero-order chi connectivity index (χ0) is 18.6. The summed E-state index contributed by atoms with van der Waals surface area (Å²) in [5.74, 6) is -0.266. The molecule has 4 aromatic rings. The summed E-state index contributed by atoms with van der Waals surface area (Å²) in [4.78, 5) is 4.36. The zero-order valence-corrected chi connectivity index (χ0v) is 14.4. The molecule has 4 rings (SSSR count). The number of hydrogen-bond donors (Lipinski definition) is 0. The number of halogens is 1. The third-order valence-electron chi connectivity index (χ3n) is 4.30. The topological polar surface area (TPSA) is 54.5 Å². The van der Waals surface area contributed by atoms with Crippen LogP contribution in [0.2, 0.25) is 0 Å². The molecule has 2 aromatic carbocycles. The second-order valence-electron chi connectivity index (χ2n) is 6.07. The standard InChI is InChI=1S/C22H15FN4/c23-19-6-2-1-5-18(19)15-27-22(17-10-8-16(14-24)9-11-17)13-21(26-27)20-7-3-4-12-25-20/h1-13H,15H2. The SMILES string of the molecule is N#Cc1ccc(-c2cc(-c3ccccn3)nn2Cc2ccccc2F)cc1. The molecular formula is C22H15FN4. The number of pyridine rings is 1. The van der Waals surface area contributed by atoms with E-state index in [-0.39, 0.29) is 5.82 Å². The first-order chi connectivity index (χ1) is 13.2. The summed E-state index contributed by atoms with van der Waals surface area (Å²) in [7, 11) is 0. The Balaban J connectivity index is 1.81. The number of nitriles is 1. The fourth-order valence-corrected chi connectivity index (χ4v) is 2.91. The van der Waals surface area contributed by atoms with Gasteiger partial charge in [0.1, 0.15) is 11.5 Å². The fraction of sp³-hybridized carbons (Fsp3) is 0.0455. The van der Waals surface area contributed by atoms with Gasteiger partial charge in [-0.25, -0.2) is 4.39 Å². The van der Waals surface area contributed by atoms with Crippen LogP contribution >= 0.6 is 0 Å². The van der Waals surface area contributed by atoms with Crippen LogP contribution < -0.4 is 0 Å². The molecule has 0 spiro atoms. The van der Waals surface area contributed by atoms with Crippen LogP contribution in [-0.2, 0) is 6.54 Å². The first-order valence-corrected chi connectivity index (χ1v) is 8.48. The Labute approximate surface area is 156 Å². The largest absolute Gasteiger partial charge is 0.260 e. The maximum atomic E-state index is 14.1. The lowest BCUT2D eigenvalue weighted by Crippen LogP contribution is -2.05. The molecule has 5 heteroatoms. The van der Waals surface area contributed by atoms with E-state index >= 15 is 0 Å². The zero-order valence-electron chi connectivity index (χ0n) is 14.4. The molecule has 0 atom stereocenters. The van der Waals surface area contributed by atoms with Crippen LogP contribution in [0.3, 0.4) is 0 Å². The highest BCUT2D eigenvalue weighted by atomic mass is 19.1. The highest BCUT2D eigenvalue weighted by molar-refractivity contribution is 5.67. The number of benzene rings is 2. The van der Waals surface area contributed by atoms with E-state index in [9.17, 15) is 4.39 Å². The molecule has 0 aliphatic carbocycles. The average Bonchev–Trinajstić information content (AvgIpc) is 3.14. The first kappa shape index (κ1) is 16.7. The van der Waals surface area contributed by atoms with Crippen molar-refractivity contribution in [2.75, 3.05) is 0 Å². The smallest absolute Gasteiger partial charge is 0.128 e. The van der Waals surface area contributed by atoms with Crippen LogP contribution in [0.4, 0.5) is 4.39 Å². The molecular weight excluding hydrogens is 339 g/mol. The molecule has 0 aliphatic heterocycles. The van der Waals surface area contributed by atoms with E-state index in [0.29, 0.717) is 23.4 Å². The van der Waals surface area contributed by atoms with Crippen LogP contribution in [0.15, 0.2) is 79.0 Å². The van der Waals surface area contributed by atoms with Crippen molar-refractivity contribution in [2.24, 2.45) is 0 Å². The van der Waals surface area contributed by atoms with Gasteiger partial charge in [0.05, 0.1) is 29.6 Å². The van der Waals surface area contributed by atoms with E-state index < -0.39 is 0 Å². The summed E-state index contributed by atoms with van der Waals surface area (Å²) in [5, 5.41) is 13.7. The molecule has 0 radical (unpaired) electrons. The Morgan fingerprint density at radius 2 is 1.70 bits per heavy atom. The van der Waals surface area contributed by atoms with Crippen LogP contribution in [0, 0.1) is 17.1 Å². The monoisotopic (exact) mass is 354 g/mol. The van der Waals surface area contributed by atoms with E-state index in [1.54, 1.807) is 35.1 Å². The van der Waals surface area contributed by atoms with Gasteiger partial charge in [-0.05, 0) is 42.0 Å². The number of hydrogen-bond acceptors (Lipinski definition) is 3. The molecule has 130 valence electrons. The quantitative estimate of drug-likeness (QED) is 0.535. The van der Waals surface area contributed by atoms with Crippen molar-refractivity contribution in [1.82, 2.24) is 14.8 Å². The Hall–Kier alpha value is -3.78. The molecule has 0 saturated heterocycles. The van der Waals surface area contributed by atoms with Crippen LogP contribution in [0.25, 0.3) is 22.6 Å². The van der Waals surface area contributed by atoms with Gasteiger partial charge < -0.3 is 0 Å². The van der Waals surface area contributed by atoms with Crippen molar-refractivity contribution in [3.63, 3.8) is 0 Å². The van der Waals surface area contributed by atoms with E-state index in [1.165, 1.54) is 6.07 Å². The van der Waals surface area contributed by atoms with Gasteiger partial charge in [0.25, 0.3) is 0 Å². The van der Waals surface area contributed by atoms with Gasteiger partial charge in [-0.2, -0.15) is 10.4 Å². The third kappa shape index (κ3) is 3.46. The van der Waals surface area contributed by atoms with Gasteiger partial charge in [0.15, 0.2) is 0 Å². The fourth-order valence-electron chi connectivity index (χ4n) is 2.91. The minimum atomic E-state index is -0.266. The lowest BCUT2D eigenvalue weighted by atomic mass is 10.1. The molecule has 0 aliphatic rings. The molecule has 0 fully saturated rings. The molecule has 27 heavy (non-hydrogen) atoms. The van der Waals surface area contributed by atoms with Crippen molar-refractivity contribution in [3.05, 3.63) is 95.9 Å². The van der Waals surface area contributed by atoms with Gasteiger partial charge in [0, 0.05) is 11.8 Å². The molecule has 0 unspecified atom stereocenters. The van der Waals surface area contributed by atoms with Crippen LogP contribution in [0.5, 0.6) is 0 Å². The maximum absolute atomic E-state index is 14.1. The molecule has 2 aromatic heterocycles. The molecule has 0 bridgehead atoms. The summed E-state index contributed by atoms with van der Waals surface area (Å²) in [6.45, 7) is 0.300. The van der Waals surface area contributed by atoms with Gasteiger partial charge in [-0.3, -0.25) is 9.67 Å². The highest BCUT2D eigenvalue weighted by Crippen LogP contribution is 2.26. The molecule has 4 nitrogen and oxygen atoms in total. The summed E-state index contributed by atoms with van der Waals surface area (Å²) >= 11 is 0. The van der Waals surface area contributed by atoms with E-state index in [4.69, 9.17) is 5.26 Å². The van der Waals surface area contributed by atoms with Gasteiger partial charge >= 0.3 is 0 Å². The predicted molar refractivity (Wildman–Crippen MR) is 101 cm³/mol. The Morgan fingerprint density at radius 3 is 2.41 bits per heavy atom. The van der Waals surface area contributed by atoms with E-state index in [1.807, 2.05) is 42.5 Å². The maximum Gasteiger partial charge on any atom is 0.128 e. The van der Waals surface area contributed by atoms with Gasteiger partial charge in [-0.15, -0.1) is 0 Å². The number of rotatable bonds is 4. The molecule has 2 heterocycles. The second kappa shape index (κ2) is 7.22. The molecule has 0 N–H and O–H groups in total. The summed E-state index contributed by atoms with van der Waals surface area (Å²) in [6.07, 6.45) is 1.71. The highest BCUT2D eigenvalue weighted by Gasteiger charge is 2.14. The number of aromatic nitrogens is 3. The Morgan fingerprint density at radius 1 is 0.926 bits per heavy atom. The summed E-state index contributed by atoms with van der Waals surface area (Å²) in [6, 6.07) is 23.6.